The lowest BCUT2D eigenvalue weighted by Gasteiger charge is -2.48. The summed E-state index contributed by atoms with van der Waals surface area (Å²) in [5, 5.41) is 0. The molecule has 2 saturated heterocycles. The average molecular weight is 863 g/mol. The Kier molecular flexibility index (Phi) is 13.4. The summed E-state index contributed by atoms with van der Waals surface area (Å²) >= 11 is 0. The Balaban J connectivity index is 0.973. The highest BCUT2D eigenvalue weighted by Gasteiger charge is 2.49. The number of carbonyl (C=O) groups excluding carboxylic acids is 4. The number of hydrogen-bond acceptors (Lipinski definition) is 10. The maximum Gasteiger partial charge on any atom is 0.418 e. The molecule has 0 N–H and O–H groups in total. The summed E-state index contributed by atoms with van der Waals surface area (Å²) in [6.45, 7) is 2.73. The molecule has 0 atom stereocenters. The largest absolute Gasteiger partial charge is 0.447 e. The van der Waals surface area contributed by atoms with Crippen LogP contribution in [0.5, 0.6) is 0 Å². The Morgan fingerprint density at radius 1 is 0.516 bits per heavy atom. The monoisotopic (exact) mass is 862 g/mol. The highest BCUT2D eigenvalue weighted by Crippen LogP contribution is 2.43. The maximum absolute atomic E-state index is 14.5. The van der Waals surface area contributed by atoms with Crippen LogP contribution in [-0.4, -0.2) is 92.0 Å². The number of esters is 2. The van der Waals surface area contributed by atoms with Gasteiger partial charge in [0.05, 0.1) is 0 Å². The summed E-state index contributed by atoms with van der Waals surface area (Å²) in [6.07, 6.45) is 9.32. The van der Waals surface area contributed by atoms with Crippen LogP contribution in [0.25, 0.3) is 0 Å². The van der Waals surface area contributed by atoms with Crippen LogP contribution in [0.2, 0.25) is 0 Å². The number of likely N-dealkylation sites (tertiary alicyclic amines) is 2. The average Bonchev–Trinajstić information content (AvgIpc) is 3.98. The van der Waals surface area contributed by atoms with E-state index >= 15 is 0 Å². The number of imidazole rings is 2. The van der Waals surface area contributed by atoms with E-state index in [1.165, 1.54) is 11.1 Å². The smallest absolute Gasteiger partial charge is 0.418 e. The zero-order valence-corrected chi connectivity index (χ0v) is 36.4. The molecule has 14 nitrogen and oxygen atoms in total. The molecule has 2 aliphatic rings. The molecule has 4 heterocycles. The highest BCUT2D eigenvalue weighted by atomic mass is 16.6. The molecule has 0 saturated carbocycles. The van der Waals surface area contributed by atoms with Crippen molar-refractivity contribution < 1.29 is 28.7 Å². The SMILES string of the molecule is Cn1ccnc1C1(N(C(=O)COC(=O)C(=O)OCC(=O)N(c2ccccc2)C2(c3nccn3C)CCN(Cc3ccccc3)CC2)c2ccccc2)CCN(Cc2ccccc2)CC1. The van der Waals surface area contributed by atoms with Gasteiger partial charge in [-0.3, -0.25) is 29.2 Å². The van der Waals surface area contributed by atoms with E-state index in [0.29, 0.717) is 74.9 Å². The molecule has 0 spiro atoms. The number of anilines is 2. The second kappa shape index (κ2) is 19.7. The Bertz CT molecular complexity index is 2320. The molecule has 2 aromatic heterocycles. The summed E-state index contributed by atoms with van der Waals surface area (Å²) in [6, 6.07) is 39.0. The lowest BCUT2D eigenvalue weighted by atomic mass is 9.83. The fourth-order valence-electron chi connectivity index (χ4n) is 9.48. The van der Waals surface area contributed by atoms with Crippen LogP contribution in [0.15, 0.2) is 146 Å². The summed E-state index contributed by atoms with van der Waals surface area (Å²) in [5.41, 5.74) is 1.80. The summed E-state index contributed by atoms with van der Waals surface area (Å²) < 4.78 is 14.7. The number of para-hydroxylation sites is 2. The zero-order valence-electron chi connectivity index (χ0n) is 36.4. The number of nitrogens with zero attached hydrogens (tertiary/aromatic N) is 8. The van der Waals surface area contributed by atoms with Gasteiger partial charge in [-0.25, -0.2) is 19.6 Å². The van der Waals surface area contributed by atoms with Crippen LogP contribution in [0.3, 0.4) is 0 Å². The normalized spacial score (nSPS) is 16.1. The third-order valence-electron chi connectivity index (χ3n) is 12.5. The number of ether oxygens (including phenoxy) is 2. The number of rotatable bonds is 14. The van der Waals surface area contributed by atoms with Crippen molar-refractivity contribution in [1.82, 2.24) is 28.9 Å². The Hall–Kier alpha value is -6.90. The molecule has 0 bridgehead atoms. The van der Waals surface area contributed by atoms with Crippen LogP contribution in [0.1, 0.15) is 48.5 Å². The molecule has 0 unspecified atom stereocenters. The molecule has 6 aromatic rings. The van der Waals surface area contributed by atoms with Crippen LogP contribution >= 0.6 is 0 Å². The molecular weight excluding hydrogens is 809 g/mol. The van der Waals surface area contributed by atoms with Gasteiger partial charge >= 0.3 is 11.9 Å². The first-order valence-electron chi connectivity index (χ1n) is 21.8. The van der Waals surface area contributed by atoms with E-state index in [2.05, 4.69) is 34.1 Å². The van der Waals surface area contributed by atoms with Crippen molar-refractivity contribution >= 4 is 35.1 Å². The molecule has 4 aromatic carbocycles. The van der Waals surface area contributed by atoms with Crippen molar-refractivity contribution in [3.8, 4) is 0 Å². The minimum atomic E-state index is -1.38. The quantitative estimate of drug-likeness (QED) is 0.0950. The van der Waals surface area contributed by atoms with Gasteiger partial charge in [0.1, 0.15) is 22.7 Å². The van der Waals surface area contributed by atoms with Crippen LogP contribution in [0, 0.1) is 0 Å². The van der Waals surface area contributed by atoms with Crippen molar-refractivity contribution in [3.63, 3.8) is 0 Å². The molecule has 8 rings (SSSR count). The molecule has 2 amide bonds. The highest BCUT2D eigenvalue weighted by molar-refractivity contribution is 6.30. The molecule has 2 fully saturated rings. The number of benzene rings is 4. The first kappa shape index (κ1) is 43.7. The predicted molar refractivity (Wildman–Crippen MR) is 241 cm³/mol. The van der Waals surface area contributed by atoms with E-state index in [0.717, 1.165) is 13.1 Å². The van der Waals surface area contributed by atoms with E-state index in [9.17, 15) is 19.2 Å². The summed E-state index contributed by atoms with van der Waals surface area (Å²) in [7, 11) is 3.80. The molecule has 330 valence electrons. The lowest BCUT2D eigenvalue weighted by Crippen LogP contribution is -2.58. The van der Waals surface area contributed by atoms with Crippen molar-refractivity contribution in [3.05, 3.63) is 169 Å². The number of aromatic nitrogens is 4. The van der Waals surface area contributed by atoms with Crippen LogP contribution in [-0.2, 0) is 66.9 Å². The van der Waals surface area contributed by atoms with Gasteiger partial charge in [-0.15, -0.1) is 0 Å². The van der Waals surface area contributed by atoms with Crippen molar-refractivity contribution in [1.29, 1.82) is 0 Å². The van der Waals surface area contributed by atoms with Crippen molar-refractivity contribution in [2.45, 2.75) is 49.9 Å². The van der Waals surface area contributed by atoms with E-state index in [-0.39, 0.29) is 0 Å². The molecule has 0 aliphatic carbocycles. The van der Waals surface area contributed by atoms with Gasteiger partial charge in [-0.05, 0) is 61.1 Å². The van der Waals surface area contributed by atoms with Crippen LogP contribution in [0.4, 0.5) is 11.4 Å². The van der Waals surface area contributed by atoms with E-state index < -0.39 is 48.0 Å². The first-order valence-corrected chi connectivity index (χ1v) is 21.8. The molecule has 0 radical (unpaired) electrons. The molecule has 2 aliphatic heterocycles. The van der Waals surface area contributed by atoms with Crippen molar-refractivity contribution in [2.24, 2.45) is 14.1 Å². The minimum Gasteiger partial charge on any atom is -0.447 e. The van der Waals surface area contributed by atoms with Crippen LogP contribution < -0.4 is 9.80 Å². The number of amides is 2. The van der Waals surface area contributed by atoms with Gasteiger partial charge < -0.3 is 18.6 Å². The third-order valence-corrected chi connectivity index (χ3v) is 12.5. The lowest BCUT2D eigenvalue weighted by molar-refractivity contribution is -0.169. The van der Waals surface area contributed by atoms with Gasteiger partial charge in [-0.1, -0.05) is 97.1 Å². The number of piperidine rings is 2. The Morgan fingerprint density at radius 2 is 0.844 bits per heavy atom. The second-order valence-corrected chi connectivity index (χ2v) is 16.6. The standard InChI is InChI=1S/C50H54N8O6/c1-53-33-27-51-47(53)49(23-29-55(30-24-49)35-39-15-7-3-8-16-39)57(41-19-11-5-12-20-41)43(59)37-63-45(61)46(62)64-38-44(60)58(42-21-13-6-14-22-42)50(48-52-28-34-54(48)2)25-31-56(32-26-50)36-40-17-9-4-10-18-40/h3-22,27-28,33-34H,23-26,29-32,35-38H2,1-2H3. The molecule has 14 heteroatoms. The topological polar surface area (TPSA) is 135 Å². The van der Waals surface area contributed by atoms with Crippen molar-refractivity contribution in [2.75, 3.05) is 49.2 Å². The number of hydrogen-bond donors (Lipinski definition) is 0. The van der Waals surface area contributed by atoms with E-state index in [1.807, 2.05) is 133 Å². The summed E-state index contributed by atoms with van der Waals surface area (Å²) in [4.78, 5) is 73.3. The van der Waals surface area contributed by atoms with Gasteiger partial charge in [0.15, 0.2) is 13.2 Å². The fraction of sp³-hybridized carbons (Fsp3) is 0.320. The number of aryl methyl sites for hydroxylation is 2. The zero-order chi connectivity index (χ0) is 44.5. The molecular formula is C50H54N8O6. The Labute approximate surface area is 373 Å². The van der Waals surface area contributed by atoms with Gasteiger partial charge in [0, 0.05) is 89.5 Å². The second-order valence-electron chi connectivity index (χ2n) is 16.6. The summed E-state index contributed by atoms with van der Waals surface area (Å²) in [5.74, 6) is -2.43. The third kappa shape index (κ3) is 9.38. The van der Waals surface area contributed by atoms with Gasteiger partial charge in [0.25, 0.3) is 11.8 Å². The first-order chi connectivity index (χ1) is 31.2. The van der Waals surface area contributed by atoms with Gasteiger partial charge in [-0.2, -0.15) is 0 Å². The van der Waals surface area contributed by atoms with Gasteiger partial charge in [0.2, 0.25) is 0 Å². The minimum absolute atomic E-state index is 0.534. The Morgan fingerprint density at radius 3 is 1.16 bits per heavy atom. The van der Waals surface area contributed by atoms with E-state index in [4.69, 9.17) is 19.4 Å². The predicted octanol–water partition coefficient (Wildman–Crippen LogP) is 5.99. The van der Waals surface area contributed by atoms with E-state index in [1.54, 1.807) is 22.2 Å². The number of carbonyl (C=O) groups is 4. The molecule has 64 heavy (non-hydrogen) atoms. The maximum atomic E-state index is 14.5. The fourth-order valence-corrected chi connectivity index (χ4v) is 9.48.